The molecule has 0 amide bonds. The smallest absolute Gasteiger partial charge is 0.198 e. The molecule has 22 heavy (non-hydrogen) atoms. The van der Waals surface area contributed by atoms with E-state index < -0.39 is 0 Å². The van der Waals surface area contributed by atoms with Crippen LogP contribution in [0.1, 0.15) is 16.7 Å². The van der Waals surface area contributed by atoms with E-state index in [2.05, 4.69) is 16.0 Å². The van der Waals surface area contributed by atoms with Crippen molar-refractivity contribution in [2.75, 3.05) is 7.11 Å². The van der Waals surface area contributed by atoms with Crippen LogP contribution in [-0.4, -0.2) is 23.4 Å². The summed E-state index contributed by atoms with van der Waals surface area (Å²) in [6.07, 6.45) is 1.68. The molecule has 0 aliphatic carbocycles. The Hall–Kier alpha value is -2.75. The maximum Gasteiger partial charge on any atom is 0.198 e. The molecule has 0 saturated carbocycles. The van der Waals surface area contributed by atoms with Crippen LogP contribution in [0, 0.1) is 13.8 Å². The number of aromatic hydroxyl groups is 1. The van der Waals surface area contributed by atoms with Crippen LogP contribution in [0.2, 0.25) is 0 Å². The lowest BCUT2D eigenvalue weighted by Gasteiger charge is -2.00. The molecule has 4 nitrogen and oxygen atoms in total. The van der Waals surface area contributed by atoms with Gasteiger partial charge in [0, 0.05) is 17.1 Å². The first-order valence-corrected chi connectivity index (χ1v) is 7.08. The van der Waals surface area contributed by atoms with Crippen LogP contribution in [0.4, 0.5) is 5.69 Å². The van der Waals surface area contributed by atoms with E-state index in [1.165, 1.54) is 0 Å². The third kappa shape index (κ3) is 2.68. The molecule has 0 aliphatic heterocycles. The Morgan fingerprint density at radius 1 is 1.09 bits per heavy atom. The fourth-order valence-corrected chi connectivity index (χ4v) is 2.60. The average Bonchev–Trinajstić information content (AvgIpc) is 2.78. The predicted molar refractivity (Wildman–Crippen MR) is 89.7 cm³/mol. The van der Waals surface area contributed by atoms with Gasteiger partial charge in [-0.05, 0) is 55.3 Å². The molecule has 0 unspecified atom stereocenters. The average molecular weight is 294 g/mol. The first-order valence-electron chi connectivity index (χ1n) is 7.08. The van der Waals surface area contributed by atoms with Crippen LogP contribution in [0.25, 0.3) is 10.9 Å². The highest BCUT2D eigenvalue weighted by Gasteiger charge is 2.09. The first kappa shape index (κ1) is 14.2. The second-order valence-corrected chi connectivity index (χ2v) is 5.40. The SMILES string of the molecule is COc1ccc2[nH]c(O)c(C=Nc3cc(C)cc(C)c3)c2c1. The van der Waals surface area contributed by atoms with Crippen LogP contribution < -0.4 is 4.74 Å². The lowest BCUT2D eigenvalue weighted by Crippen LogP contribution is -1.83. The van der Waals surface area contributed by atoms with Crippen LogP contribution in [0.15, 0.2) is 41.4 Å². The molecule has 0 saturated heterocycles. The number of H-pyrrole nitrogens is 1. The summed E-state index contributed by atoms with van der Waals surface area (Å²) < 4.78 is 5.24. The van der Waals surface area contributed by atoms with E-state index in [-0.39, 0.29) is 5.88 Å². The molecule has 2 aromatic carbocycles. The molecule has 0 aliphatic rings. The molecule has 3 rings (SSSR count). The summed E-state index contributed by atoms with van der Waals surface area (Å²) in [6, 6.07) is 11.7. The standard InChI is InChI=1S/C18H18N2O2/c1-11-6-12(2)8-13(7-11)19-10-16-15-9-14(22-3)4-5-17(15)20-18(16)21/h4-10,20-21H,1-3H3. The van der Waals surface area contributed by atoms with Gasteiger partial charge >= 0.3 is 0 Å². The summed E-state index contributed by atoms with van der Waals surface area (Å²) >= 11 is 0. The molecule has 1 aromatic heterocycles. The molecule has 2 N–H and O–H groups in total. The van der Waals surface area contributed by atoms with Crippen molar-refractivity contribution in [1.29, 1.82) is 0 Å². The van der Waals surface area contributed by atoms with Gasteiger partial charge in [0.2, 0.25) is 0 Å². The van der Waals surface area contributed by atoms with Gasteiger partial charge in [-0.25, -0.2) is 0 Å². The minimum atomic E-state index is 0.108. The van der Waals surface area contributed by atoms with E-state index in [1.54, 1.807) is 13.3 Å². The molecule has 0 fully saturated rings. The Bertz CT molecular complexity index is 843. The zero-order chi connectivity index (χ0) is 15.7. The van der Waals surface area contributed by atoms with E-state index in [0.29, 0.717) is 5.56 Å². The van der Waals surface area contributed by atoms with Crippen molar-refractivity contribution in [2.24, 2.45) is 4.99 Å². The Kier molecular flexibility index (Phi) is 3.59. The zero-order valence-corrected chi connectivity index (χ0v) is 12.8. The molecule has 3 aromatic rings. The number of aromatic amines is 1. The topological polar surface area (TPSA) is 57.6 Å². The van der Waals surface area contributed by atoms with Crippen LogP contribution in [0.3, 0.4) is 0 Å². The number of fused-ring (bicyclic) bond motifs is 1. The van der Waals surface area contributed by atoms with E-state index >= 15 is 0 Å². The molecular weight excluding hydrogens is 276 g/mol. The maximum atomic E-state index is 10.1. The lowest BCUT2D eigenvalue weighted by molar-refractivity contribution is 0.415. The van der Waals surface area contributed by atoms with Gasteiger partial charge in [-0.2, -0.15) is 0 Å². The van der Waals surface area contributed by atoms with Gasteiger partial charge in [-0.15, -0.1) is 0 Å². The summed E-state index contributed by atoms with van der Waals surface area (Å²) in [5.74, 6) is 0.851. The van der Waals surface area contributed by atoms with E-state index in [0.717, 1.165) is 33.5 Å². The second kappa shape index (κ2) is 5.56. The van der Waals surface area contributed by atoms with Gasteiger partial charge in [0.05, 0.1) is 18.4 Å². The monoisotopic (exact) mass is 294 g/mol. The number of aliphatic imine (C=N–C) groups is 1. The van der Waals surface area contributed by atoms with Gasteiger partial charge in [-0.1, -0.05) is 6.07 Å². The molecule has 0 radical (unpaired) electrons. The Morgan fingerprint density at radius 3 is 2.50 bits per heavy atom. The van der Waals surface area contributed by atoms with Crippen molar-refractivity contribution >= 4 is 22.8 Å². The number of methoxy groups -OCH3 is 1. The predicted octanol–water partition coefficient (Wildman–Crippen LogP) is 4.25. The van der Waals surface area contributed by atoms with Gasteiger partial charge in [0.25, 0.3) is 0 Å². The highest BCUT2D eigenvalue weighted by Crippen LogP contribution is 2.29. The van der Waals surface area contributed by atoms with Crippen molar-refractivity contribution in [3.63, 3.8) is 0 Å². The van der Waals surface area contributed by atoms with Crippen molar-refractivity contribution < 1.29 is 9.84 Å². The fraction of sp³-hybridized carbons (Fsp3) is 0.167. The van der Waals surface area contributed by atoms with Gasteiger partial charge in [-0.3, -0.25) is 4.99 Å². The van der Waals surface area contributed by atoms with Gasteiger partial charge < -0.3 is 14.8 Å². The number of nitrogens with zero attached hydrogens (tertiary/aromatic N) is 1. The first-order chi connectivity index (χ1) is 10.6. The van der Waals surface area contributed by atoms with Crippen molar-refractivity contribution in [2.45, 2.75) is 13.8 Å². The summed E-state index contributed by atoms with van der Waals surface area (Å²) in [4.78, 5) is 7.44. The minimum absolute atomic E-state index is 0.108. The normalized spacial score (nSPS) is 11.4. The Balaban J connectivity index is 2.05. The number of aromatic nitrogens is 1. The highest BCUT2D eigenvalue weighted by atomic mass is 16.5. The van der Waals surface area contributed by atoms with Crippen molar-refractivity contribution in [1.82, 2.24) is 4.98 Å². The number of rotatable bonds is 3. The van der Waals surface area contributed by atoms with E-state index in [1.807, 2.05) is 44.2 Å². The summed E-state index contributed by atoms with van der Waals surface area (Å²) in [7, 11) is 1.62. The van der Waals surface area contributed by atoms with E-state index in [4.69, 9.17) is 4.74 Å². The molecule has 1 heterocycles. The van der Waals surface area contributed by atoms with Gasteiger partial charge in [0.15, 0.2) is 5.88 Å². The van der Waals surface area contributed by atoms with Gasteiger partial charge in [0.1, 0.15) is 5.75 Å². The Labute approximate surface area is 129 Å². The molecule has 4 heteroatoms. The quantitative estimate of drug-likeness (QED) is 0.709. The molecule has 0 atom stereocenters. The second-order valence-electron chi connectivity index (χ2n) is 5.40. The number of ether oxygens (including phenoxy) is 1. The third-order valence-electron chi connectivity index (χ3n) is 3.57. The van der Waals surface area contributed by atoms with Crippen LogP contribution >= 0.6 is 0 Å². The highest BCUT2D eigenvalue weighted by molar-refractivity contribution is 6.03. The number of aryl methyl sites for hydroxylation is 2. The van der Waals surface area contributed by atoms with Crippen LogP contribution in [0.5, 0.6) is 11.6 Å². The summed E-state index contributed by atoms with van der Waals surface area (Å²) in [5.41, 5.74) is 4.70. The zero-order valence-electron chi connectivity index (χ0n) is 12.8. The number of benzene rings is 2. The lowest BCUT2D eigenvalue weighted by atomic mass is 10.1. The Morgan fingerprint density at radius 2 is 1.82 bits per heavy atom. The number of nitrogens with one attached hydrogen (secondary N) is 1. The molecular formula is C18H18N2O2. The number of hydrogen-bond acceptors (Lipinski definition) is 3. The fourth-order valence-electron chi connectivity index (χ4n) is 2.60. The summed E-state index contributed by atoms with van der Waals surface area (Å²) in [5, 5.41) is 11.0. The summed E-state index contributed by atoms with van der Waals surface area (Å²) in [6.45, 7) is 4.08. The number of hydrogen-bond donors (Lipinski definition) is 2. The van der Waals surface area contributed by atoms with Crippen molar-refractivity contribution in [3.05, 3.63) is 53.1 Å². The minimum Gasteiger partial charge on any atom is -0.497 e. The third-order valence-corrected chi connectivity index (χ3v) is 3.57. The van der Waals surface area contributed by atoms with Crippen molar-refractivity contribution in [3.8, 4) is 11.6 Å². The molecule has 0 spiro atoms. The van der Waals surface area contributed by atoms with E-state index in [9.17, 15) is 5.11 Å². The molecule has 112 valence electrons. The van der Waals surface area contributed by atoms with Crippen LogP contribution in [-0.2, 0) is 0 Å². The molecule has 0 bridgehead atoms. The largest absolute Gasteiger partial charge is 0.497 e. The maximum absolute atomic E-state index is 10.1.